The summed E-state index contributed by atoms with van der Waals surface area (Å²) in [6, 6.07) is 4.48. The Morgan fingerprint density at radius 3 is 2.20 bits per heavy atom. The number of allylic oxidation sites excluding steroid dienone is 1. The molecule has 1 N–H and O–H groups in total. The summed E-state index contributed by atoms with van der Waals surface area (Å²) < 4.78 is 11.9. The van der Waals surface area contributed by atoms with Crippen LogP contribution in [0.3, 0.4) is 0 Å². The predicted octanol–water partition coefficient (Wildman–Crippen LogP) is 6.63. The Morgan fingerprint density at radius 1 is 1.07 bits per heavy atom. The van der Waals surface area contributed by atoms with Crippen molar-refractivity contribution in [3.05, 3.63) is 34.9 Å². The lowest BCUT2D eigenvalue weighted by Crippen LogP contribution is -2.51. The molecule has 168 valence electrons. The molecule has 0 spiro atoms. The average Bonchev–Trinajstić information content (AvgIpc) is 2.74. The summed E-state index contributed by atoms with van der Waals surface area (Å²) in [6.07, 6.45) is 9.70. The van der Waals surface area contributed by atoms with Gasteiger partial charge in [0.05, 0.1) is 20.8 Å². The number of unbranched alkanes of at least 4 members (excludes halogenated alkanes) is 3. The first-order valence-corrected chi connectivity index (χ1v) is 11.8. The summed E-state index contributed by atoms with van der Waals surface area (Å²) in [5.41, 5.74) is 3.88. The molecule has 3 atom stereocenters. The van der Waals surface area contributed by atoms with Gasteiger partial charge in [0.2, 0.25) is 0 Å². The molecule has 1 fully saturated rings. The highest BCUT2D eigenvalue weighted by Gasteiger charge is 2.56. The minimum absolute atomic E-state index is 0.0757. The molecule has 0 aliphatic heterocycles. The van der Waals surface area contributed by atoms with Crippen LogP contribution in [-0.4, -0.2) is 25.9 Å². The molecular weight excluding hydrogens is 372 g/mol. The van der Waals surface area contributed by atoms with Gasteiger partial charge in [-0.05, 0) is 58.8 Å². The molecule has 1 aromatic carbocycles. The zero-order chi connectivity index (χ0) is 22.1. The van der Waals surface area contributed by atoms with Crippen molar-refractivity contribution < 1.29 is 14.6 Å². The molecule has 3 aliphatic carbocycles. The van der Waals surface area contributed by atoms with E-state index in [9.17, 15) is 5.11 Å². The maximum Gasteiger partial charge on any atom is 0.126 e. The third-order valence-corrected chi connectivity index (χ3v) is 8.11. The van der Waals surface area contributed by atoms with Gasteiger partial charge in [-0.2, -0.15) is 0 Å². The number of fused-ring (bicyclic) bond motifs is 1. The Labute approximate surface area is 183 Å². The van der Waals surface area contributed by atoms with Crippen LogP contribution in [0, 0.1) is 17.3 Å². The van der Waals surface area contributed by atoms with Crippen molar-refractivity contribution in [1.82, 2.24) is 0 Å². The number of methoxy groups -OCH3 is 2. The van der Waals surface area contributed by atoms with Crippen molar-refractivity contribution in [2.24, 2.45) is 17.3 Å². The Bertz CT molecular complexity index is 749. The Hall–Kier alpha value is -1.48. The van der Waals surface area contributed by atoms with Crippen molar-refractivity contribution in [3.8, 4) is 11.5 Å². The van der Waals surface area contributed by atoms with E-state index in [0.29, 0.717) is 11.8 Å². The van der Waals surface area contributed by atoms with Crippen molar-refractivity contribution in [2.45, 2.75) is 84.5 Å². The van der Waals surface area contributed by atoms with Crippen LogP contribution < -0.4 is 9.47 Å². The second kappa shape index (κ2) is 8.94. The molecule has 2 unspecified atom stereocenters. The predicted molar refractivity (Wildman–Crippen MR) is 125 cm³/mol. The van der Waals surface area contributed by atoms with Crippen LogP contribution in [0.2, 0.25) is 0 Å². The molecule has 0 aromatic heterocycles. The zero-order valence-electron chi connectivity index (χ0n) is 20.2. The van der Waals surface area contributed by atoms with Crippen LogP contribution in [0.1, 0.15) is 90.2 Å². The van der Waals surface area contributed by atoms with Crippen LogP contribution >= 0.6 is 0 Å². The Kier molecular flexibility index (Phi) is 6.91. The van der Waals surface area contributed by atoms with Crippen molar-refractivity contribution in [1.29, 1.82) is 0 Å². The van der Waals surface area contributed by atoms with Crippen LogP contribution in [0.15, 0.2) is 23.8 Å². The van der Waals surface area contributed by atoms with Gasteiger partial charge in [0.25, 0.3) is 0 Å². The van der Waals surface area contributed by atoms with Crippen molar-refractivity contribution in [3.63, 3.8) is 0 Å². The highest BCUT2D eigenvalue weighted by molar-refractivity contribution is 5.55. The second-order valence-electron chi connectivity index (χ2n) is 10.6. The van der Waals surface area contributed by atoms with Gasteiger partial charge in [-0.15, -0.1) is 0 Å². The molecule has 3 heteroatoms. The van der Waals surface area contributed by atoms with Gasteiger partial charge in [0.1, 0.15) is 11.5 Å². The van der Waals surface area contributed by atoms with E-state index < -0.39 is 0 Å². The quantitative estimate of drug-likeness (QED) is 0.345. The highest BCUT2D eigenvalue weighted by Crippen LogP contribution is 2.65. The summed E-state index contributed by atoms with van der Waals surface area (Å²) in [5, 5.41) is 9.98. The summed E-state index contributed by atoms with van der Waals surface area (Å²) in [6.45, 7) is 11.7. The first kappa shape index (κ1) is 23.2. The second-order valence-corrected chi connectivity index (χ2v) is 10.6. The molecule has 3 nitrogen and oxygen atoms in total. The Balaban J connectivity index is 1.99. The van der Waals surface area contributed by atoms with Crippen molar-refractivity contribution >= 4 is 0 Å². The van der Waals surface area contributed by atoms with E-state index in [0.717, 1.165) is 29.9 Å². The molecular formula is C27H42O3. The SMILES string of the molecule is CCCCCCC(C)(C)c1cc(OC)c([C@H]2C=C(CO)C3CC2C3(C)C)c(OC)c1. The minimum Gasteiger partial charge on any atom is -0.496 e. The smallest absolute Gasteiger partial charge is 0.126 e. The average molecular weight is 415 g/mol. The van der Waals surface area contributed by atoms with Gasteiger partial charge in [0, 0.05) is 11.5 Å². The number of hydrogen-bond donors (Lipinski definition) is 1. The van der Waals surface area contributed by atoms with Crippen LogP contribution in [0.5, 0.6) is 11.5 Å². The van der Waals surface area contributed by atoms with Crippen LogP contribution in [0.4, 0.5) is 0 Å². The van der Waals surface area contributed by atoms with E-state index in [1.54, 1.807) is 14.2 Å². The molecule has 0 saturated heterocycles. The lowest BCUT2D eigenvalue weighted by Gasteiger charge is -2.59. The third kappa shape index (κ3) is 4.02. The summed E-state index contributed by atoms with van der Waals surface area (Å²) >= 11 is 0. The van der Waals surface area contributed by atoms with E-state index in [1.165, 1.54) is 36.8 Å². The van der Waals surface area contributed by atoms with E-state index in [-0.39, 0.29) is 23.4 Å². The number of aliphatic hydroxyl groups excluding tert-OH is 1. The summed E-state index contributed by atoms with van der Waals surface area (Å²) in [4.78, 5) is 0. The maximum atomic E-state index is 9.98. The first-order chi connectivity index (χ1) is 14.2. The molecule has 0 heterocycles. The number of aliphatic hydroxyl groups is 1. The molecule has 1 saturated carbocycles. The normalized spacial score (nSPS) is 24.8. The largest absolute Gasteiger partial charge is 0.496 e. The number of benzene rings is 1. The molecule has 3 aliphatic rings. The van der Waals surface area contributed by atoms with Crippen LogP contribution in [-0.2, 0) is 5.41 Å². The van der Waals surface area contributed by atoms with Gasteiger partial charge in [-0.1, -0.05) is 66.4 Å². The van der Waals surface area contributed by atoms with E-state index in [2.05, 4.69) is 52.8 Å². The fourth-order valence-corrected chi connectivity index (χ4v) is 5.90. The molecule has 0 radical (unpaired) electrons. The van der Waals surface area contributed by atoms with E-state index in [1.807, 2.05) is 0 Å². The summed E-state index contributed by atoms with van der Waals surface area (Å²) in [5.74, 6) is 3.12. The van der Waals surface area contributed by atoms with Gasteiger partial charge < -0.3 is 14.6 Å². The minimum atomic E-state index is 0.0757. The number of hydrogen-bond acceptors (Lipinski definition) is 3. The summed E-state index contributed by atoms with van der Waals surface area (Å²) in [7, 11) is 3.54. The standard InChI is InChI=1S/C27H42O3/c1-8-9-10-11-12-26(2,3)19-14-23(29-6)25(24(15-19)30-7)20-13-18(17-28)21-16-22(20)27(21,4)5/h13-15,20-22,28H,8-12,16-17H2,1-7H3/t20-,21?,22?/m0/s1. The van der Waals surface area contributed by atoms with Crippen LogP contribution in [0.25, 0.3) is 0 Å². The fraction of sp³-hybridized carbons (Fsp3) is 0.704. The van der Waals surface area contributed by atoms with Crippen molar-refractivity contribution in [2.75, 3.05) is 20.8 Å². The first-order valence-electron chi connectivity index (χ1n) is 11.8. The zero-order valence-corrected chi connectivity index (χ0v) is 20.2. The van der Waals surface area contributed by atoms with E-state index >= 15 is 0 Å². The molecule has 1 aromatic rings. The Morgan fingerprint density at radius 2 is 1.70 bits per heavy atom. The molecule has 30 heavy (non-hydrogen) atoms. The number of ether oxygens (including phenoxy) is 2. The van der Waals surface area contributed by atoms with Gasteiger partial charge in [-0.3, -0.25) is 0 Å². The monoisotopic (exact) mass is 414 g/mol. The van der Waals surface area contributed by atoms with Gasteiger partial charge in [-0.25, -0.2) is 0 Å². The lowest BCUT2D eigenvalue weighted by atomic mass is 9.45. The van der Waals surface area contributed by atoms with Gasteiger partial charge in [0.15, 0.2) is 0 Å². The topological polar surface area (TPSA) is 38.7 Å². The third-order valence-electron chi connectivity index (χ3n) is 8.11. The highest BCUT2D eigenvalue weighted by atomic mass is 16.5. The van der Waals surface area contributed by atoms with E-state index in [4.69, 9.17) is 9.47 Å². The molecule has 2 bridgehead atoms. The maximum absolute atomic E-state index is 9.98. The lowest BCUT2D eigenvalue weighted by molar-refractivity contribution is -0.0260. The molecule has 4 rings (SSSR count). The fourth-order valence-electron chi connectivity index (χ4n) is 5.90. The molecule has 0 amide bonds. The van der Waals surface area contributed by atoms with Gasteiger partial charge >= 0.3 is 0 Å². The number of rotatable bonds is 10.